The van der Waals surface area contributed by atoms with Crippen LogP contribution >= 0.6 is 0 Å². The molecule has 2 aromatic carbocycles. The number of sulfonamides is 1. The molecule has 1 saturated heterocycles. The van der Waals surface area contributed by atoms with Crippen LogP contribution in [0.25, 0.3) is 10.8 Å². The highest BCUT2D eigenvalue weighted by Gasteiger charge is 2.27. The minimum atomic E-state index is -3.75. The Balaban J connectivity index is 1.96. The summed E-state index contributed by atoms with van der Waals surface area (Å²) in [6.07, 6.45) is 2.22. The molecule has 1 fully saturated rings. The number of fused-ring (bicyclic) bond motifs is 1. The van der Waals surface area contributed by atoms with Crippen LogP contribution < -0.4 is 10.0 Å². The van der Waals surface area contributed by atoms with Gasteiger partial charge in [0, 0.05) is 11.9 Å². The first-order valence-corrected chi connectivity index (χ1v) is 8.84. The number of nitrogens with one attached hydrogen (secondary N) is 2. The third-order valence-electron chi connectivity index (χ3n) is 3.87. The second-order valence-electron chi connectivity index (χ2n) is 5.44. The molecule has 2 aromatic rings. The van der Waals surface area contributed by atoms with E-state index in [1.54, 1.807) is 24.3 Å². The molecule has 0 radical (unpaired) electrons. The molecule has 5 nitrogen and oxygen atoms in total. The predicted molar refractivity (Wildman–Crippen MR) is 84.9 cm³/mol. The van der Waals surface area contributed by atoms with E-state index >= 15 is 0 Å². The molecular weight excluding hydrogens is 300 g/mol. The number of benzene rings is 2. The van der Waals surface area contributed by atoms with Gasteiger partial charge in [-0.3, -0.25) is 4.79 Å². The summed E-state index contributed by atoms with van der Waals surface area (Å²) in [5.74, 6) is -0.249. The molecule has 0 bridgehead atoms. The maximum Gasteiger partial charge on any atom is 0.241 e. The maximum absolute atomic E-state index is 12.7. The second-order valence-corrected chi connectivity index (χ2v) is 7.12. The summed E-state index contributed by atoms with van der Waals surface area (Å²) < 4.78 is 27.9. The van der Waals surface area contributed by atoms with Gasteiger partial charge in [0.1, 0.15) is 6.04 Å². The normalized spacial score (nSPS) is 19.6. The summed E-state index contributed by atoms with van der Waals surface area (Å²) in [7, 11) is -3.75. The van der Waals surface area contributed by atoms with Crippen LogP contribution in [0.4, 0.5) is 0 Å². The second kappa shape index (κ2) is 6.06. The molecule has 0 unspecified atom stereocenters. The van der Waals surface area contributed by atoms with Gasteiger partial charge in [-0.05, 0) is 30.7 Å². The molecule has 1 heterocycles. The zero-order chi connectivity index (χ0) is 15.6. The molecular formula is C16H18N2O3S. The van der Waals surface area contributed by atoms with Crippen molar-refractivity contribution >= 4 is 26.7 Å². The van der Waals surface area contributed by atoms with Gasteiger partial charge in [0.05, 0.1) is 4.90 Å². The lowest BCUT2D eigenvalue weighted by Gasteiger charge is -2.16. The Hall–Kier alpha value is -1.92. The first kappa shape index (κ1) is 15.0. The molecule has 1 amide bonds. The highest BCUT2D eigenvalue weighted by Crippen LogP contribution is 2.23. The number of hydrogen-bond acceptors (Lipinski definition) is 3. The Morgan fingerprint density at radius 3 is 2.68 bits per heavy atom. The Labute approximate surface area is 129 Å². The number of hydrogen-bond donors (Lipinski definition) is 2. The smallest absolute Gasteiger partial charge is 0.241 e. The summed E-state index contributed by atoms with van der Waals surface area (Å²) in [6, 6.07) is 11.8. The quantitative estimate of drug-likeness (QED) is 0.906. The van der Waals surface area contributed by atoms with Gasteiger partial charge in [0.25, 0.3) is 0 Å². The lowest BCUT2D eigenvalue weighted by atomic mass is 10.1. The van der Waals surface area contributed by atoms with Crippen molar-refractivity contribution in [3.63, 3.8) is 0 Å². The lowest BCUT2D eigenvalue weighted by molar-refractivity contribution is -0.122. The van der Waals surface area contributed by atoms with Crippen LogP contribution in [-0.2, 0) is 14.8 Å². The van der Waals surface area contributed by atoms with Crippen molar-refractivity contribution in [2.45, 2.75) is 30.2 Å². The molecule has 1 atom stereocenters. The fourth-order valence-corrected chi connectivity index (χ4v) is 4.19. The summed E-state index contributed by atoms with van der Waals surface area (Å²) in [5, 5.41) is 4.26. The molecule has 0 aromatic heterocycles. The van der Waals surface area contributed by atoms with E-state index in [0.717, 1.165) is 18.2 Å². The van der Waals surface area contributed by atoms with Crippen LogP contribution in [0, 0.1) is 0 Å². The Morgan fingerprint density at radius 1 is 1.05 bits per heavy atom. The van der Waals surface area contributed by atoms with E-state index in [0.29, 0.717) is 18.4 Å². The average molecular weight is 318 g/mol. The number of rotatable bonds is 3. The molecule has 3 rings (SSSR count). The first-order chi connectivity index (χ1) is 10.6. The van der Waals surface area contributed by atoms with E-state index in [1.807, 2.05) is 18.2 Å². The van der Waals surface area contributed by atoms with E-state index in [1.165, 1.54) is 0 Å². The first-order valence-electron chi connectivity index (χ1n) is 7.36. The SMILES string of the molecule is O=C1NCCCC[C@@H]1NS(=O)(=O)c1cccc2ccccc12. The maximum atomic E-state index is 12.7. The lowest BCUT2D eigenvalue weighted by Crippen LogP contribution is -2.45. The topological polar surface area (TPSA) is 75.3 Å². The largest absolute Gasteiger partial charge is 0.355 e. The van der Waals surface area contributed by atoms with Crippen LogP contribution in [0.1, 0.15) is 19.3 Å². The van der Waals surface area contributed by atoms with Crippen molar-refractivity contribution in [3.8, 4) is 0 Å². The highest BCUT2D eigenvalue weighted by atomic mass is 32.2. The molecule has 1 aliphatic rings. The van der Waals surface area contributed by atoms with Gasteiger partial charge in [-0.1, -0.05) is 36.4 Å². The molecule has 0 aliphatic carbocycles. The van der Waals surface area contributed by atoms with Crippen LogP contribution in [0.15, 0.2) is 47.4 Å². The third kappa shape index (κ3) is 2.98. The summed E-state index contributed by atoms with van der Waals surface area (Å²) >= 11 is 0. The van der Waals surface area contributed by atoms with Crippen molar-refractivity contribution in [2.24, 2.45) is 0 Å². The van der Waals surface area contributed by atoms with Gasteiger partial charge in [0.2, 0.25) is 15.9 Å². The predicted octanol–water partition coefficient (Wildman–Crippen LogP) is 1.79. The minimum absolute atomic E-state index is 0.211. The van der Waals surface area contributed by atoms with E-state index in [4.69, 9.17) is 0 Å². The number of carbonyl (C=O) groups excluding carboxylic acids is 1. The summed E-state index contributed by atoms with van der Waals surface area (Å²) in [4.78, 5) is 12.2. The van der Waals surface area contributed by atoms with E-state index < -0.39 is 16.1 Å². The fourth-order valence-electron chi connectivity index (χ4n) is 2.73. The van der Waals surface area contributed by atoms with Crippen LogP contribution in [0.2, 0.25) is 0 Å². The summed E-state index contributed by atoms with van der Waals surface area (Å²) in [6.45, 7) is 0.603. The highest BCUT2D eigenvalue weighted by molar-refractivity contribution is 7.89. The molecule has 6 heteroatoms. The van der Waals surface area contributed by atoms with Crippen LogP contribution in [0.3, 0.4) is 0 Å². The van der Waals surface area contributed by atoms with Gasteiger partial charge in [-0.15, -0.1) is 0 Å². The standard InChI is InChI=1S/C16H18N2O3S/c19-16-14(9-3-4-11-17-16)18-22(20,21)15-10-5-7-12-6-1-2-8-13(12)15/h1-2,5-8,10,14,18H,3-4,9,11H2,(H,17,19)/t14-/m0/s1. The van der Waals surface area contributed by atoms with Crippen LogP contribution in [-0.4, -0.2) is 26.9 Å². The summed E-state index contributed by atoms with van der Waals surface area (Å²) in [5.41, 5.74) is 0. The average Bonchev–Trinajstić information content (AvgIpc) is 2.71. The third-order valence-corrected chi connectivity index (χ3v) is 5.40. The monoisotopic (exact) mass is 318 g/mol. The van der Waals surface area contributed by atoms with Gasteiger partial charge in [0.15, 0.2) is 0 Å². The van der Waals surface area contributed by atoms with E-state index in [9.17, 15) is 13.2 Å². The number of amides is 1. The molecule has 0 saturated carbocycles. The minimum Gasteiger partial charge on any atom is -0.355 e. The van der Waals surface area contributed by atoms with Crippen molar-refractivity contribution in [1.82, 2.24) is 10.0 Å². The van der Waals surface area contributed by atoms with Gasteiger partial charge >= 0.3 is 0 Å². The number of carbonyl (C=O) groups is 1. The van der Waals surface area contributed by atoms with Gasteiger partial charge in [-0.2, -0.15) is 4.72 Å². The molecule has 1 aliphatic heterocycles. The van der Waals surface area contributed by atoms with Gasteiger partial charge in [-0.25, -0.2) is 8.42 Å². The Morgan fingerprint density at radius 2 is 1.82 bits per heavy atom. The molecule has 2 N–H and O–H groups in total. The van der Waals surface area contributed by atoms with Gasteiger partial charge < -0.3 is 5.32 Å². The molecule has 0 spiro atoms. The van der Waals surface area contributed by atoms with Crippen molar-refractivity contribution in [1.29, 1.82) is 0 Å². The zero-order valence-electron chi connectivity index (χ0n) is 12.1. The Kier molecular flexibility index (Phi) is 4.13. The van der Waals surface area contributed by atoms with Crippen molar-refractivity contribution in [3.05, 3.63) is 42.5 Å². The molecule has 116 valence electrons. The Bertz CT molecular complexity index is 797. The van der Waals surface area contributed by atoms with Crippen molar-refractivity contribution in [2.75, 3.05) is 6.54 Å². The zero-order valence-corrected chi connectivity index (χ0v) is 12.9. The molecule has 22 heavy (non-hydrogen) atoms. The van der Waals surface area contributed by atoms with E-state index in [-0.39, 0.29) is 10.8 Å². The fraction of sp³-hybridized carbons (Fsp3) is 0.312. The van der Waals surface area contributed by atoms with Crippen molar-refractivity contribution < 1.29 is 13.2 Å². The van der Waals surface area contributed by atoms with E-state index in [2.05, 4.69) is 10.0 Å². The van der Waals surface area contributed by atoms with Crippen LogP contribution in [0.5, 0.6) is 0 Å².